The van der Waals surface area contributed by atoms with Crippen LogP contribution in [0, 0.1) is 10.1 Å². The van der Waals surface area contributed by atoms with Crippen molar-refractivity contribution in [1.29, 1.82) is 0 Å². The Balaban J connectivity index is 2.68. The number of rotatable bonds is 3. The van der Waals surface area contributed by atoms with Crippen LogP contribution >= 0.6 is 11.6 Å². The van der Waals surface area contributed by atoms with E-state index < -0.39 is 20.2 Å². The van der Waals surface area contributed by atoms with E-state index in [4.69, 9.17) is 11.6 Å². The summed E-state index contributed by atoms with van der Waals surface area (Å²) in [7, 11) is -3.63. The first kappa shape index (κ1) is 13.1. The zero-order valence-corrected chi connectivity index (χ0v) is 11.1. The number of nitrogens with zero attached hydrogens (tertiary/aromatic N) is 1. The van der Waals surface area contributed by atoms with Gasteiger partial charge in [0.2, 0.25) is 10.0 Å². The highest BCUT2D eigenvalue weighted by molar-refractivity contribution is 7.93. The highest BCUT2D eigenvalue weighted by Gasteiger charge is 2.41. The highest BCUT2D eigenvalue weighted by Crippen LogP contribution is 2.48. The van der Waals surface area contributed by atoms with Gasteiger partial charge in [-0.3, -0.25) is 14.8 Å². The van der Waals surface area contributed by atoms with E-state index in [1.807, 2.05) is 6.92 Å². The molecule has 1 heterocycles. The topological polar surface area (TPSA) is 89.3 Å². The average Bonchev–Trinajstić information content (AvgIpc) is 2.52. The smallest absolute Gasteiger partial charge is 0.276 e. The molecule has 0 fully saturated rings. The van der Waals surface area contributed by atoms with E-state index in [-0.39, 0.29) is 16.4 Å². The van der Waals surface area contributed by atoms with Crippen molar-refractivity contribution in [2.75, 3.05) is 4.72 Å². The molecule has 0 spiro atoms. The fourth-order valence-electron chi connectivity index (χ4n) is 2.09. The molecule has 0 amide bonds. The second kappa shape index (κ2) is 4.40. The predicted octanol–water partition coefficient (Wildman–Crippen LogP) is 2.84. The molecule has 0 bridgehead atoms. The van der Waals surface area contributed by atoms with Crippen LogP contribution in [0.4, 0.5) is 11.4 Å². The van der Waals surface area contributed by atoms with Crippen molar-refractivity contribution in [3.63, 3.8) is 0 Å². The zero-order chi connectivity index (χ0) is 13.5. The minimum Gasteiger partial charge on any atom is -0.276 e. The molecule has 1 atom stereocenters. The number of nitro benzene ring substituents is 1. The first-order chi connectivity index (χ1) is 8.38. The van der Waals surface area contributed by atoms with Gasteiger partial charge in [0, 0.05) is 16.7 Å². The molecule has 0 saturated heterocycles. The molecule has 0 aromatic heterocycles. The summed E-state index contributed by atoms with van der Waals surface area (Å²) in [5.41, 5.74) is 0.0512. The number of benzene rings is 1. The lowest BCUT2D eigenvalue weighted by atomic mass is 10.0. The zero-order valence-electron chi connectivity index (χ0n) is 9.51. The van der Waals surface area contributed by atoms with Crippen molar-refractivity contribution in [3.05, 3.63) is 32.8 Å². The third-order valence-corrected chi connectivity index (χ3v) is 4.90. The Kier molecular flexibility index (Phi) is 3.20. The molecule has 1 aromatic rings. The quantitative estimate of drug-likeness (QED) is 0.684. The van der Waals surface area contributed by atoms with Crippen molar-refractivity contribution >= 4 is 33.0 Å². The third-order valence-electron chi connectivity index (χ3n) is 2.86. The summed E-state index contributed by atoms with van der Waals surface area (Å²) in [4.78, 5) is 10.3. The van der Waals surface area contributed by atoms with Gasteiger partial charge in [-0.05, 0) is 12.5 Å². The normalized spacial score (nSPS) is 20.2. The minimum atomic E-state index is -3.63. The van der Waals surface area contributed by atoms with Crippen molar-refractivity contribution in [1.82, 2.24) is 0 Å². The summed E-state index contributed by atoms with van der Waals surface area (Å²) in [5.74, 6) is 0. The van der Waals surface area contributed by atoms with Gasteiger partial charge in [0.1, 0.15) is 10.9 Å². The van der Waals surface area contributed by atoms with Crippen LogP contribution in [0.1, 0.15) is 30.6 Å². The fraction of sp³-hybridized carbons (Fsp3) is 0.400. The van der Waals surface area contributed by atoms with Crippen LogP contribution in [-0.2, 0) is 10.0 Å². The molecule has 2 rings (SSSR count). The summed E-state index contributed by atoms with van der Waals surface area (Å²) in [6.45, 7) is 1.85. The van der Waals surface area contributed by atoms with Gasteiger partial charge in [0.25, 0.3) is 5.69 Å². The summed E-state index contributed by atoms with van der Waals surface area (Å²) >= 11 is 5.98. The average molecular weight is 291 g/mol. The van der Waals surface area contributed by atoms with E-state index in [0.29, 0.717) is 18.4 Å². The molecule has 0 saturated carbocycles. The first-order valence-corrected chi connectivity index (χ1v) is 7.29. The second-order valence-electron chi connectivity index (χ2n) is 4.04. The molecule has 0 radical (unpaired) electrons. The molecule has 0 aliphatic carbocycles. The van der Waals surface area contributed by atoms with Crippen molar-refractivity contribution in [2.45, 2.75) is 25.0 Å². The molecular weight excluding hydrogens is 280 g/mol. The summed E-state index contributed by atoms with van der Waals surface area (Å²) in [6, 6.07) is 2.57. The van der Waals surface area contributed by atoms with E-state index >= 15 is 0 Å². The van der Waals surface area contributed by atoms with Crippen molar-refractivity contribution < 1.29 is 13.3 Å². The van der Waals surface area contributed by atoms with Gasteiger partial charge >= 0.3 is 0 Å². The van der Waals surface area contributed by atoms with Crippen LogP contribution in [0.2, 0.25) is 5.02 Å². The van der Waals surface area contributed by atoms with E-state index in [1.165, 1.54) is 12.1 Å². The highest BCUT2D eigenvalue weighted by atomic mass is 35.5. The predicted molar refractivity (Wildman–Crippen MR) is 68.3 cm³/mol. The Morgan fingerprint density at radius 1 is 1.50 bits per heavy atom. The van der Waals surface area contributed by atoms with Crippen LogP contribution in [0.3, 0.4) is 0 Å². The molecule has 8 heteroatoms. The largest absolute Gasteiger partial charge is 0.293 e. The first-order valence-electron chi connectivity index (χ1n) is 5.37. The van der Waals surface area contributed by atoms with Crippen LogP contribution in [0.15, 0.2) is 12.1 Å². The van der Waals surface area contributed by atoms with E-state index in [1.54, 1.807) is 0 Å². The molecule has 6 nitrogen and oxygen atoms in total. The Morgan fingerprint density at radius 2 is 2.17 bits per heavy atom. The molecule has 1 aliphatic heterocycles. The standard InChI is InChI=1S/C10H11ClN2O4S/c1-2-3-8-9-6(11)4-5-7(13(14)15)10(9)12-18(8,16)17/h4-5,8,12H,2-3H2,1H3. The number of halogens is 1. The van der Waals surface area contributed by atoms with Crippen molar-refractivity contribution in [3.8, 4) is 0 Å². The summed E-state index contributed by atoms with van der Waals surface area (Å²) in [5, 5.41) is 10.3. The van der Waals surface area contributed by atoms with Crippen LogP contribution in [0.25, 0.3) is 0 Å². The SMILES string of the molecule is CCCC1c2c(Cl)ccc([N+](=O)[O-])c2NS1(=O)=O. The van der Waals surface area contributed by atoms with Crippen LogP contribution in [0.5, 0.6) is 0 Å². The molecule has 18 heavy (non-hydrogen) atoms. The number of sulfonamides is 1. The van der Waals surface area contributed by atoms with E-state index in [0.717, 1.165) is 0 Å². The molecular formula is C10H11ClN2O4S. The van der Waals surface area contributed by atoms with Gasteiger partial charge in [-0.25, -0.2) is 8.42 Å². The Labute approximate surface area is 109 Å². The maximum Gasteiger partial charge on any atom is 0.293 e. The van der Waals surface area contributed by atoms with Gasteiger partial charge < -0.3 is 0 Å². The Morgan fingerprint density at radius 3 is 2.72 bits per heavy atom. The summed E-state index contributed by atoms with van der Waals surface area (Å²) in [6.07, 6.45) is 1.02. The number of nitro groups is 1. The monoisotopic (exact) mass is 290 g/mol. The van der Waals surface area contributed by atoms with Gasteiger partial charge in [0.05, 0.1) is 4.92 Å². The maximum atomic E-state index is 11.9. The number of hydrogen-bond acceptors (Lipinski definition) is 4. The molecule has 1 aliphatic rings. The number of fused-ring (bicyclic) bond motifs is 1. The maximum absolute atomic E-state index is 11.9. The van der Waals surface area contributed by atoms with Crippen molar-refractivity contribution in [2.24, 2.45) is 0 Å². The second-order valence-corrected chi connectivity index (χ2v) is 6.31. The molecule has 98 valence electrons. The minimum absolute atomic E-state index is 0.00551. The lowest BCUT2D eigenvalue weighted by molar-refractivity contribution is -0.383. The number of nitrogens with one attached hydrogen (secondary N) is 1. The Bertz CT molecular complexity index is 615. The molecule has 1 N–H and O–H groups in total. The van der Waals surface area contributed by atoms with Gasteiger partial charge in [-0.2, -0.15) is 0 Å². The summed E-state index contributed by atoms with van der Waals surface area (Å²) < 4.78 is 26.1. The van der Waals surface area contributed by atoms with Crippen LogP contribution < -0.4 is 4.72 Å². The number of hydrogen-bond donors (Lipinski definition) is 1. The molecule has 1 unspecified atom stereocenters. The van der Waals surface area contributed by atoms with E-state index in [9.17, 15) is 18.5 Å². The van der Waals surface area contributed by atoms with E-state index in [2.05, 4.69) is 4.72 Å². The number of anilines is 1. The van der Waals surface area contributed by atoms with Crippen LogP contribution in [-0.4, -0.2) is 13.3 Å². The van der Waals surface area contributed by atoms with Gasteiger partial charge in [-0.1, -0.05) is 24.9 Å². The van der Waals surface area contributed by atoms with Gasteiger partial charge in [-0.15, -0.1) is 0 Å². The lowest BCUT2D eigenvalue weighted by Crippen LogP contribution is -2.12. The third kappa shape index (κ3) is 1.93. The Hall–Kier alpha value is -1.34. The molecule has 1 aromatic carbocycles. The fourth-order valence-corrected chi connectivity index (χ4v) is 4.18. The lowest BCUT2D eigenvalue weighted by Gasteiger charge is -2.08. The van der Waals surface area contributed by atoms with Gasteiger partial charge in [0.15, 0.2) is 0 Å².